The summed E-state index contributed by atoms with van der Waals surface area (Å²) < 4.78 is 4.85. The van der Waals surface area contributed by atoms with Crippen LogP contribution >= 0.6 is 11.6 Å². The van der Waals surface area contributed by atoms with Gasteiger partial charge in [-0.2, -0.15) is 0 Å². The average Bonchev–Trinajstić information content (AvgIpc) is 2.81. The van der Waals surface area contributed by atoms with Crippen LogP contribution in [0.1, 0.15) is 21.8 Å². The molecule has 0 radical (unpaired) electrons. The average molecular weight is 296 g/mol. The van der Waals surface area contributed by atoms with Crippen molar-refractivity contribution in [2.75, 3.05) is 0 Å². The predicted octanol–water partition coefficient (Wildman–Crippen LogP) is 2.47. The Hall–Kier alpha value is -2.41. The normalized spacial score (nSPS) is 10.3. The first-order chi connectivity index (χ1) is 9.49. The number of amides is 1. The number of para-hydroxylation sites is 1. The van der Waals surface area contributed by atoms with Crippen LogP contribution in [0.5, 0.6) is 0 Å². The second kappa shape index (κ2) is 5.70. The summed E-state index contributed by atoms with van der Waals surface area (Å²) in [5.74, 6) is 0.0165. The molecule has 1 heterocycles. The highest BCUT2D eigenvalue weighted by Gasteiger charge is 2.23. The molecule has 7 nitrogen and oxygen atoms in total. The number of carbonyl (C=O) groups excluding carboxylic acids is 1. The topological polar surface area (TPSA) is 98.3 Å². The molecule has 104 valence electrons. The van der Waals surface area contributed by atoms with Crippen LogP contribution in [0.2, 0.25) is 5.02 Å². The molecule has 0 spiro atoms. The van der Waals surface area contributed by atoms with Gasteiger partial charge < -0.3 is 9.84 Å². The van der Waals surface area contributed by atoms with E-state index in [4.69, 9.17) is 16.1 Å². The van der Waals surface area contributed by atoms with Gasteiger partial charge in [0.15, 0.2) is 0 Å². The molecule has 1 aromatic carbocycles. The van der Waals surface area contributed by atoms with E-state index in [1.807, 2.05) is 0 Å². The van der Waals surface area contributed by atoms with Gasteiger partial charge in [-0.15, -0.1) is 0 Å². The summed E-state index contributed by atoms with van der Waals surface area (Å²) in [6, 6.07) is 5.84. The van der Waals surface area contributed by atoms with Gasteiger partial charge in [0.1, 0.15) is 22.0 Å². The van der Waals surface area contributed by atoms with E-state index in [1.54, 1.807) is 13.0 Å². The third-order valence-electron chi connectivity index (χ3n) is 2.52. The maximum absolute atomic E-state index is 12.0. The number of carbonyl (C=O) groups is 1. The molecule has 0 unspecified atom stereocenters. The number of benzene rings is 1. The number of halogens is 1. The SMILES string of the molecule is Cc1cc(CNC(=O)c2cccc(Cl)c2[N+](=O)[O-])no1. The zero-order valence-corrected chi connectivity index (χ0v) is 11.2. The minimum absolute atomic E-state index is 0.0834. The first-order valence-electron chi connectivity index (χ1n) is 5.62. The van der Waals surface area contributed by atoms with Crippen LogP contribution in [0, 0.1) is 17.0 Å². The van der Waals surface area contributed by atoms with E-state index in [0.29, 0.717) is 11.5 Å². The Bertz CT molecular complexity index is 668. The molecule has 20 heavy (non-hydrogen) atoms. The van der Waals surface area contributed by atoms with Crippen LogP contribution in [0.15, 0.2) is 28.8 Å². The second-order valence-electron chi connectivity index (χ2n) is 4.00. The number of nitro groups is 1. The smallest absolute Gasteiger partial charge is 0.300 e. The van der Waals surface area contributed by atoms with Gasteiger partial charge in [-0.05, 0) is 19.1 Å². The highest BCUT2D eigenvalue weighted by molar-refractivity contribution is 6.33. The molecule has 1 N–H and O–H groups in total. The molecule has 8 heteroatoms. The molecular formula is C12H10ClN3O4. The number of aryl methyl sites for hydroxylation is 1. The van der Waals surface area contributed by atoms with E-state index >= 15 is 0 Å². The Labute approximate surface area is 118 Å². The van der Waals surface area contributed by atoms with Crippen LogP contribution in [0.4, 0.5) is 5.69 Å². The molecule has 0 aliphatic heterocycles. The number of nitro benzene ring substituents is 1. The minimum atomic E-state index is -0.683. The Balaban J connectivity index is 2.17. The van der Waals surface area contributed by atoms with Crippen molar-refractivity contribution in [2.24, 2.45) is 0 Å². The summed E-state index contributed by atoms with van der Waals surface area (Å²) in [6.07, 6.45) is 0. The lowest BCUT2D eigenvalue weighted by Crippen LogP contribution is -2.23. The summed E-state index contributed by atoms with van der Waals surface area (Å²) in [5.41, 5.74) is 0.0197. The molecule has 1 aromatic heterocycles. The fourth-order valence-electron chi connectivity index (χ4n) is 1.65. The number of hydrogen-bond acceptors (Lipinski definition) is 5. The van der Waals surface area contributed by atoms with Crippen LogP contribution < -0.4 is 5.32 Å². The zero-order valence-electron chi connectivity index (χ0n) is 10.4. The van der Waals surface area contributed by atoms with E-state index in [2.05, 4.69) is 10.5 Å². The summed E-state index contributed by atoms with van der Waals surface area (Å²) in [6.45, 7) is 1.83. The number of aromatic nitrogens is 1. The molecule has 2 rings (SSSR count). The van der Waals surface area contributed by atoms with Crippen molar-refractivity contribution in [3.05, 3.63) is 56.4 Å². The fourth-order valence-corrected chi connectivity index (χ4v) is 1.89. The molecule has 0 fully saturated rings. The van der Waals surface area contributed by atoms with E-state index in [0.717, 1.165) is 0 Å². The molecule has 0 saturated heterocycles. The Kier molecular flexibility index (Phi) is 3.99. The van der Waals surface area contributed by atoms with Gasteiger partial charge in [-0.25, -0.2) is 0 Å². The van der Waals surface area contributed by atoms with Gasteiger partial charge in [-0.3, -0.25) is 14.9 Å². The molecule has 0 atom stereocenters. The Morgan fingerprint density at radius 2 is 2.30 bits per heavy atom. The van der Waals surface area contributed by atoms with Crippen LogP contribution in [0.3, 0.4) is 0 Å². The molecule has 0 aliphatic rings. The Morgan fingerprint density at radius 3 is 2.90 bits per heavy atom. The molecule has 0 aliphatic carbocycles. The van der Waals surface area contributed by atoms with Crippen LogP contribution in [0.25, 0.3) is 0 Å². The molecule has 0 saturated carbocycles. The van der Waals surface area contributed by atoms with Crippen molar-refractivity contribution < 1.29 is 14.2 Å². The lowest BCUT2D eigenvalue weighted by Gasteiger charge is -2.04. The monoisotopic (exact) mass is 295 g/mol. The Morgan fingerprint density at radius 1 is 1.55 bits per heavy atom. The van der Waals surface area contributed by atoms with Crippen LogP contribution in [-0.2, 0) is 6.54 Å². The first-order valence-corrected chi connectivity index (χ1v) is 6.00. The molecular weight excluding hydrogens is 286 g/mol. The van der Waals surface area contributed by atoms with E-state index in [1.165, 1.54) is 18.2 Å². The van der Waals surface area contributed by atoms with Crippen molar-refractivity contribution >= 4 is 23.2 Å². The van der Waals surface area contributed by atoms with E-state index in [9.17, 15) is 14.9 Å². The molecule has 2 aromatic rings. The van der Waals surface area contributed by atoms with Gasteiger partial charge in [0.25, 0.3) is 5.91 Å². The molecule has 0 bridgehead atoms. The maximum Gasteiger partial charge on any atom is 0.300 e. The highest BCUT2D eigenvalue weighted by atomic mass is 35.5. The van der Waals surface area contributed by atoms with Crippen molar-refractivity contribution in [3.8, 4) is 0 Å². The summed E-state index contributed by atoms with van der Waals surface area (Å²) in [4.78, 5) is 22.2. The van der Waals surface area contributed by atoms with Gasteiger partial charge in [0.2, 0.25) is 0 Å². The lowest BCUT2D eigenvalue weighted by molar-refractivity contribution is -0.385. The largest absolute Gasteiger partial charge is 0.361 e. The van der Waals surface area contributed by atoms with Gasteiger partial charge in [-0.1, -0.05) is 22.8 Å². The van der Waals surface area contributed by atoms with Gasteiger partial charge in [0, 0.05) is 6.07 Å². The number of hydrogen-bond donors (Lipinski definition) is 1. The van der Waals surface area contributed by atoms with Gasteiger partial charge in [0.05, 0.1) is 11.5 Å². The third kappa shape index (κ3) is 2.94. The lowest BCUT2D eigenvalue weighted by atomic mass is 10.1. The molecule has 1 amide bonds. The highest BCUT2D eigenvalue weighted by Crippen LogP contribution is 2.28. The number of nitrogens with zero attached hydrogens (tertiary/aromatic N) is 2. The van der Waals surface area contributed by atoms with E-state index in [-0.39, 0.29) is 17.1 Å². The summed E-state index contributed by atoms with van der Waals surface area (Å²) >= 11 is 5.74. The van der Waals surface area contributed by atoms with Crippen LogP contribution in [-0.4, -0.2) is 16.0 Å². The minimum Gasteiger partial charge on any atom is -0.361 e. The number of rotatable bonds is 4. The first kappa shape index (κ1) is 14.0. The van der Waals surface area contributed by atoms with Gasteiger partial charge >= 0.3 is 5.69 Å². The summed E-state index contributed by atoms with van der Waals surface area (Å²) in [5, 5.41) is 17.1. The van der Waals surface area contributed by atoms with Crippen molar-refractivity contribution in [1.82, 2.24) is 10.5 Å². The maximum atomic E-state index is 12.0. The number of nitrogens with one attached hydrogen (secondary N) is 1. The predicted molar refractivity (Wildman–Crippen MR) is 70.5 cm³/mol. The van der Waals surface area contributed by atoms with E-state index < -0.39 is 16.5 Å². The summed E-state index contributed by atoms with van der Waals surface area (Å²) in [7, 11) is 0. The van der Waals surface area contributed by atoms with Crippen molar-refractivity contribution in [3.63, 3.8) is 0 Å². The standard InChI is InChI=1S/C12H10ClN3O4/c1-7-5-8(15-20-7)6-14-12(17)9-3-2-4-10(13)11(9)16(18)19/h2-5H,6H2,1H3,(H,14,17). The second-order valence-corrected chi connectivity index (χ2v) is 4.41. The third-order valence-corrected chi connectivity index (χ3v) is 2.83. The fraction of sp³-hybridized carbons (Fsp3) is 0.167. The quantitative estimate of drug-likeness (QED) is 0.690. The van der Waals surface area contributed by atoms with Crippen molar-refractivity contribution in [2.45, 2.75) is 13.5 Å². The zero-order chi connectivity index (χ0) is 14.7. The van der Waals surface area contributed by atoms with Crippen molar-refractivity contribution in [1.29, 1.82) is 0 Å².